The summed E-state index contributed by atoms with van der Waals surface area (Å²) < 4.78 is 0. The first-order valence-electron chi connectivity index (χ1n) is 6.40. The summed E-state index contributed by atoms with van der Waals surface area (Å²) in [6, 6.07) is 15.3. The summed E-state index contributed by atoms with van der Waals surface area (Å²) in [6.07, 6.45) is 2.11. The van der Waals surface area contributed by atoms with Crippen molar-refractivity contribution >= 4 is 17.3 Å². The molecule has 0 saturated carbocycles. The second-order valence-electron chi connectivity index (χ2n) is 4.80. The number of nitrogens with one attached hydrogen (secondary N) is 1. The van der Waals surface area contributed by atoms with Crippen LogP contribution in [0, 0.1) is 0 Å². The van der Waals surface area contributed by atoms with Gasteiger partial charge in [-0.05, 0) is 47.7 Å². The molecule has 1 atom stereocenters. The van der Waals surface area contributed by atoms with E-state index >= 15 is 0 Å². The second-order valence-corrected chi connectivity index (χ2v) is 5.23. The Morgan fingerprint density at radius 3 is 2.67 bits per heavy atom. The normalized spacial score (nSPS) is 17.3. The van der Waals surface area contributed by atoms with E-state index in [0.29, 0.717) is 6.04 Å². The molecule has 0 aliphatic carbocycles. The third-order valence-electron chi connectivity index (χ3n) is 3.61. The van der Waals surface area contributed by atoms with Gasteiger partial charge in [-0.2, -0.15) is 0 Å². The van der Waals surface area contributed by atoms with Gasteiger partial charge in [-0.15, -0.1) is 0 Å². The van der Waals surface area contributed by atoms with Crippen molar-refractivity contribution in [3.05, 3.63) is 64.2 Å². The van der Waals surface area contributed by atoms with Crippen molar-refractivity contribution in [3.63, 3.8) is 0 Å². The fraction of sp³-hybridized carbons (Fsp3) is 0.250. The van der Waals surface area contributed by atoms with Crippen LogP contribution in [-0.4, -0.2) is 0 Å². The van der Waals surface area contributed by atoms with Gasteiger partial charge in [0.2, 0.25) is 0 Å². The highest BCUT2D eigenvalue weighted by Gasteiger charge is 2.21. The summed E-state index contributed by atoms with van der Waals surface area (Å²) >= 11 is 6.03. The van der Waals surface area contributed by atoms with Crippen LogP contribution in [0.25, 0.3) is 0 Å². The van der Waals surface area contributed by atoms with Crippen LogP contribution in [-0.2, 0) is 12.8 Å². The molecule has 1 N–H and O–H groups in total. The van der Waals surface area contributed by atoms with Gasteiger partial charge < -0.3 is 5.32 Å². The molecule has 0 saturated heterocycles. The number of halogens is 1. The Morgan fingerprint density at radius 2 is 1.94 bits per heavy atom. The topological polar surface area (TPSA) is 12.0 Å². The van der Waals surface area contributed by atoms with Gasteiger partial charge in [0.1, 0.15) is 0 Å². The number of rotatable bonds is 2. The van der Waals surface area contributed by atoms with Crippen molar-refractivity contribution in [3.8, 4) is 0 Å². The van der Waals surface area contributed by atoms with Crippen molar-refractivity contribution in [2.75, 3.05) is 5.32 Å². The van der Waals surface area contributed by atoms with Gasteiger partial charge in [0.05, 0.1) is 6.04 Å². The standard InChI is InChI=1S/C16H16ClN/c1-2-11-3-5-12(6-4-11)16-10-13-9-14(17)7-8-15(13)18-16/h3-9,16,18H,2,10H2,1H3/t16-/m1/s1. The lowest BCUT2D eigenvalue weighted by Crippen LogP contribution is -2.05. The first-order valence-corrected chi connectivity index (χ1v) is 6.78. The quantitative estimate of drug-likeness (QED) is 0.828. The van der Waals surface area contributed by atoms with Crippen molar-refractivity contribution in [1.82, 2.24) is 0 Å². The highest BCUT2D eigenvalue weighted by molar-refractivity contribution is 6.30. The Bertz CT molecular complexity index is 560. The molecule has 92 valence electrons. The average Bonchev–Trinajstić information content (AvgIpc) is 2.81. The molecule has 1 heterocycles. The van der Waals surface area contributed by atoms with Crippen LogP contribution in [0.3, 0.4) is 0 Å². The van der Waals surface area contributed by atoms with Crippen LogP contribution >= 0.6 is 11.6 Å². The second kappa shape index (κ2) is 4.66. The van der Waals surface area contributed by atoms with Gasteiger partial charge in [-0.3, -0.25) is 0 Å². The Kier molecular flexibility index (Phi) is 3.00. The fourth-order valence-electron chi connectivity index (χ4n) is 2.52. The highest BCUT2D eigenvalue weighted by atomic mass is 35.5. The van der Waals surface area contributed by atoms with Gasteiger partial charge in [0, 0.05) is 10.7 Å². The van der Waals surface area contributed by atoms with Crippen LogP contribution in [0.15, 0.2) is 42.5 Å². The van der Waals surface area contributed by atoms with Gasteiger partial charge >= 0.3 is 0 Å². The summed E-state index contributed by atoms with van der Waals surface area (Å²) in [5.74, 6) is 0. The molecule has 0 fully saturated rings. The lowest BCUT2D eigenvalue weighted by Gasteiger charge is -2.12. The van der Waals surface area contributed by atoms with Gasteiger partial charge in [0.25, 0.3) is 0 Å². The molecular weight excluding hydrogens is 242 g/mol. The van der Waals surface area contributed by atoms with Crippen molar-refractivity contribution in [2.24, 2.45) is 0 Å². The number of hydrogen-bond acceptors (Lipinski definition) is 1. The van der Waals surface area contributed by atoms with Gasteiger partial charge in [-0.1, -0.05) is 42.8 Å². The SMILES string of the molecule is CCc1ccc([C@H]2Cc3cc(Cl)ccc3N2)cc1. The summed E-state index contributed by atoms with van der Waals surface area (Å²) in [6.45, 7) is 2.18. The molecule has 1 nitrogen and oxygen atoms in total. The third kappa shape index (κ3) is 2.11. The largest absolute Gasteiger partial charge is 0.378 e. The fourth-order valence-corrected chi connectivity index (χ4v) is 2.71. The summed E-state index contributed by atoms with van der Waals surface area (Å²) in [5, 5.41) is 4.37. The van der Waals surface area contributed by atoms with E-state index in [4.69, 9.17) is 11.6 Å². The first-order chi connectivity index (χ1) is 8.76. The lowest BCUT2D eigenvalue weighted by atomic mass is 10.0. The van der Waals surface area contributed by atoms with Crippen LogP contribution in [0.5, 0.6) is 0 Å². The van der Waals surface area contributed by atoms with E-state index in [0.717, 1.165) is 17.9 Å². The molecule has 1 aliphatic rings. The highest BCUT2D eigenvalue weighted by Crippen LogP contribution is 2.35. The van der Waals surface area contributed by atoms with E-state index in [1.165, 1.54) is 22.4 Å². The molecule has 3 rings (SSSR count). The van der Waals surface area contributed by atoms with Crippen molar-refractivity contribution in [1.29, 1.82) is 0 Å². The van der Waals surface area contributed by atoms with E-state index < -0.39 is 0 Å². The zero-order valence-electron chi connectivity index (χ0n) is 10.4. The smallest absolute Gasteiger partial charge is 0.0555 e. The molecule has 0 unspecified atom stereocenters. The van der Waals surface area contributed by atoms with E-state index in [1.807, 2.05) is 6.07 Å². The van der Waals surface area contributed by atoms with E-state index in [-0.39, 0.29) is 0 Å². The van der Waals surface area contributed by atoms with E-state index in [9.17, 15) is 0 Å². The predicted octanol–water partition coefficient (Wildman–Crippen LogP) is 4.61. The Balaban J connectivity index is 1.84. The van der Waals surface area contributed by atoms with E-state index in [1.54, 1.807) is 0 Å². The molecule has 0 amide bonds. The van der Waals surface area contributed by atoms with Crippen LogP contribution in [0.4, 0.5) is 5.69 Å². The third-order valence-corrected chi connectivity index (χ3v) is 3.85. The maximum atomic E-state index is 6.03. The van der Waals surface area contributed by atoms with Crippen molar-refractivity contribution in [2.45, 2.75) is 25.8 Å². The minimum absolute atomic E-state index is 0.379. The number of anilines is 1. The van der Waals surface area contributed by atoms with Gasteiger partial charge in [0.15, 0.2) is 0 Å². The van der Waals surface area contributed by atoms with Gasteiger partial charge in [-0.25, -0.2) is 0 Å². The number of benzene rings is 2. The maximum absolute atomic E-state index is 6.03. The Hall–Kier alpha value is -1.47. The minimum atomic E-state index is 0.379. The maximum Gasteiger partial charge on any atom is 0.0555 e. The van der Waals surface area contributed by atoms with Crippen LogP contribution < -0.4 is 5.32 Å². The molecule has 0 spiro atoms. The first kappa shape index (κ1) is 11.6. The van der Waals surface area contributed by atoms with Crippen molar-refractivity contribution < 1.29 is 0 Å². The molecule has 2 aromatic carbocycles. The average molecular weight is 258 g/mol. The zero-order chi connectivity index (χ0) is 12.5. The minimum Gasteiger partial charge on any atom is -0.378 e. The molecule has 18 heavy (non-hydrogen) atoms. The van der Waals surface area contributed by atoms with Crippen LogP contribution in [0.1, 0.15) is 29.7 Å². The zero-order valence-corrected chi connectivity index (χ0v) is 11.2. The molecule has 2 aromatic rings. The Morgan fingerprint density at radius 1 is 1.17 bits per heavy atom. The molecule has 2 heteroatoms. The summed E-state index contributed by atoms with van der Waals surface area (Å²) in [5.41, 5.74) is 5.26. The number of aryl methyl sites for hydroxylation is 1. The monoisotopic (exact) mass is 257 g/mol. The number of hydrogen-bond donors (Lipinski definition) is 1. The predicted molar refractivity (Wildman–Crippen MR) is 77.3 cm³/mol. The molecule has 0 aromatic heterocycles. The molecular formula is C16H16ClN. The molecule has 1 aliphatic heterocycles. The summed E-state index contributed by atoms with van der Waals surface area (Å²) in [7, 11) is 0. The molecule has 0 radical (unpaired) electrons. The number of fused-ring (bicyclic) bond motifs is 1. The van der Waals surface area contributed by atoms with E-state index in [2.05, 4.69) is 48.6 Å². The summed E-state index contributed by atoms with van der Waals surface area (Å²) in [4.78, 5) is 0. The van der Waals surface area contributed by atoms with Crippen LogP contribution in [0.2, 0.25) is 5.02 Å². The Labute approximate surface area is 113 Å². The lowest BCUT2D eigenvalue weighted by molar-refractivity contribution is 0.823. The molecule has 0 bridgehead atoms.